The number of benzene rings is 1. The number of amides is 1. The van der Waals surface area contributed by atoms with Crippen LogP contribution in [-0.2, 0) is 11.2 Å². The molecule has 0 fully saturated rings. The van der Waals surface area contributed by atoms with Crippen molar-refractivity contribution in [1.82, 2.24) is 5.32 Å². The minimum Gasteiger partial charge on any atom is -0.359 e. The lowest BCUT2D eigenvalue weighted by atomic mass is 10.1. The highest BCUT2D eigenvalue weighted by Crippen LogP contribution is 2.11. The van der Waals surface area contributed by atoms with Gasteiger partial charge in [-0.3, -0.25) is 4.79 Å². The van der Waals surface area contributed by atoms with Crippen molar-refractivity contribution in [1.29, 1.82) is 0 Å². The van der Waals surface area contributed by atoms with E-state index in [9.17, 15) is 4.79 Å². The van der Waals surface area contributed by atoms with Gasteiger partial charge in [-0.15, -0.1) is 0 Å². The van der Waals surface area contributed by atoms with Crippen molar-refractivity contribution < 1.29 is 4.79 Å². The molecule has 0 unspecified atom stereocenters. The number of rotatable bonds is 6. The number of nitrogens with one attached hydrogen (secondary N) is 1. The fraction of sp³-hybridized carbons (Fsp3) is 0.500. The maximum absolute atomic E-state index is 11.8. The fourth-order valence-electron chi connectivity index (χ4n) is 1.61. The Morgan fingerprint density at radius 3 is 2.44 bits per heavy atom. The van der Waals surface area contributed by atoms with Crippen LogP contribution < -0.4 is 5.32 Å². The van der Waals surface area contributed by atoms with Gasteiger partial charge in [-0.1, -0.05) is 50.0 Å². The van der Waals surface area contributed by atoms with Crippen molar-refractivity contribution >= 4 is 26.6 Å². The van der Waals surface area contributed by atoms with Crippen molar-refractivity contribution in [3.8, 4) is 0 Å². The third kappa shape index (κ3) is 6.86. The third-order valence-corrected chi connectivity index (χ3v) is 4.15. The van der Waals surface area contributed by atoms with Gasteiger partial charge in [0.1, 0.15) is 0 Å². The molecular weight excluding hydrogens is 258 g/mol. The summed E-state index contributed by atoms with van der Waals surface area (Å²) in [6.45, 7) is 6.74. The first-order chi connectivity index (χ1) is 8.37. The molecule has 0 bridgehead atoms. The monoisotopic (exact) mass is 281 g/mol. The summed E-state index contributed by atoms with van der Waals surface area (Å²) < 4.78 is 0. The lowest BCUT2D eigenvalue weighted by molar-refractivity contribution is -0.120. The predicted octanol–water partition coefficient (Wildman–Crippen LogP) is 2.91. The number of carbonyl (C=O) groups excluding carboxylic acids is 1. The summed E-state index contributed by atoms with van der Waals surface area (Å²) in [5, 5.41) is 3.10. The van der Waals surface area contributed by atoms with E-state index in [1.165, 1.54) is 5.56 Å². The number of thiol groups is 1. The van der Waals surface area contributed by atoms with Crippen LogP contribution in [0.2, 0.25) is 19.6 Å². The summed E-state index contributed by atoms with van der Waals surface area (Å²) >= 11 is 4.50. The van der Waals surface area contributed by atoms with E-state index in [1.54, 1.807) is 0 Å². The molecule has 1 atom stereocenters. The molecule has 1 rings (SSSR count). The van der Waals surface area contributed by atoms with Gasteiger partial charge in [-0.2, -0.15) is 12.6 Å². The lowest BCUT2D eigenvalue weighted by Crippen LogP contribution is -2.40. The van der Waals surface area contributed by atoms with E-state index in [0.717, 1.165) is 12.6 Å². The normalized spacial score (nSPS) is 13.1. The van der Waals surface area contributed by atoms with Crippen molar-refractivity contribution in [2.45, 2.75) is 37.7 Å². The molecule has 1 aromatic rings. The minimum absolute atomic E-state index is 0.0917. The van der Waals surface area contributed by atoms with Gasteiger partial charge in [-0.05, 0) is 12.0 Å². The topological polar surface area (TPSA) is 29.1 Å². The van der Waals surface area contributed by atoms with Gasteiger partial charge in [-0.25, -0.2) is 0 Å². The first kappa shape index (κ1) is 15.3. The molecule has 1 aromatic carbocycles. The summed E-state index contributed by atoms with van der Waals surface area (Å²) in [5.74, 6) is 0.119. The first-order valence-electron chi connectivity index (χ1n) is 6.35. The molecule has 4 heteroatoms. The smallest absolute Gasteiger partial charge is 0.220 e. The molecule has 18 heavy (non-hydrogen) atoms. The molecule has 0 saturated carbocycles. The van der Waals surface area contributed by atoms with Crippen molar-refractivity contribution in [3.63, 3.8) is 0 Å². The molecule has 0 radical (unpaired) electrons. The molecule has 0 aliphatic rings. The SMILES string of the molecule is C[Si](C)(C)CNC(=O)C[C@@H](S)Cc1ccccc1. The largest absolute Gasteiger partial charge is 0.359 e. The highest BCUT2D eigenvalue weighted by Gasteiger charge is 2.16. The van der Waals surface area contributed by atoms with Crippen LogP contribution in [0.15, 0.2) is 30.3 Å². The zero-order valence-corrected chi connectivity index (χ0v) is 13.3. The molecular formula is C14H23NOSSi. The Balaban J connectivity index is 2.32. The summed E-state index contributed by atoms with van der Waals surface area (Å²) in [6.07, 6.45) is 2.17. The van der Waals surface area contributed by atoms with E-state index < -0.39 is 8.07 Å². The van der Waals surface area contributed by atoms with Gasteiger partial charge in [0.25, 0.3) is 0 Å². The first-order valence-corrected chi connectivity index (χ1v) is 10.6. The standard InChI is InChI=1S/C14H23NOSSi/c1-18(2,3)11-15-14(16)10-13(17)9-12-7-5-4-6-8-12/h4-8,13,17H,9-11H2,1-3H3,(H,15,16)/t13-/m0/s1. The van der Waals surface area contributed by atoms with Crippen molar-refractivity contribution in [2.75, 3.05) is 6.17 Å². The second-order valence-corrected chi connectivity index (χ2v) is 12.1. The highest BCUT2D eigenvalue weighted by molar-refractivity contribution is 7.81. The van der Waals surface area contributed by atoms with Crippen LogP contribution in [0, 0.1) is 0 Å². The Bertz CT molecular complexity index is 375. The highest BCUT2D eigenvalue weighted by atomic mass is 32.1. The summed E-state index contributed by atoms with van der Waals surface area (Å²) in [6, 6.07) is 10.2. The third-order valence-electron chi connectivity index (χ3n) is 2.55. The summed E-state index contributed by atoms with van der Waals surface area (Å²) in [5.41, 5.74) is 1.23. The Morgan fingerprint density at radius 1 is 1.28 bits per heavy atom. The maximum Gasteiger partial charge on any atom is 0.220 e. The molecule has 1 amide bonds. The Labute approximate surface area is 117 Å². The molecule has 0 saturated heterocycles. The van der Waals surface area contributed by atoms with Gasteiger partial charge in [0.15, 0.2) is 0 Å². The zero-order valence-electron chi connectivity index (χ0n) is 11.4. The molecule has 0 spiro atoms. The maximum atomic E-state index is 11.8. The predicted molar refractivity (Wildman–Crippen MR) is 83.9 cm³/mol. The van der Waals surface area contributed by atoms with Gasteiger partial charge >= 0.3 is 0 Å². The van der Waals surface area contributed by atoms with Gasteiger partial charge in [0.2, 0.25) is 5.91 Å². The van der Waals surface area contributed by atoms with E-state index in [4.69, 9.17) is 0 Å². The van der Waals surface area contributed by atoms with Crippen LogP contribution in [0.25, 0.3) is 0 Å². The van der Waals surface area contributed by atoms with Crippen LogP contribution >= 0.6 is 12.6 Å². The zero-order chi connectivity index (χ0) is 13.6. The number of carbonyl (C=O) groups is 1. The fourth-order valence-corrected chi connectivity index (χ4v) is 2.71. The summed E-state index contributed by atoms with van der Waals surface area (Å²) in [4.78, 5) is 11.8. The Morgan fingerprint density at radius 2 is 1.89 bits per heavy atom. The molecule has 1 N–H and O–H groups in total. The summed E-state index contributed by atoms with van der Waals surface area (Å²) in [7, 11) is -1.20. The molecule has 2 nitrogen and oxygen atoms in total. The van der Waals surface area contributed by atoms with Crippen LogP contribution in [0.5, 0.6) is 0 Å². The van der Waals surface area contributed by atoms with E-state index in [2.05, 4.69) is 49.7 Å². The van der Waals surface area contributed by atoms with Crippen molar-refractivity contribution in [2.24, 2.45) is 0 Å². The number of hydrogen-bond acceptors (Lipinski definition) is 2. The molecule has 0 aromatic heterocycles. The van der Waals surface area contributed by atoms with Crippen LogP contribution in [0.4, 0.5) is 0 Å². The molecule has 0 aliphatic heterocycles. The molecule has 0 heterocycles. The van der Waals surface area contributed by atoms with Crippen LogP contribution in [0.3, 0.4) is 0 Å². The van der Waals surface area contributed by atoms with Crippen molar-refractivity contribution in [3.05, 3.63) is 35.9 Å². The Hall–Kier alpha value is -0.743. The van der Waals surface area contributed by atoms with Crippen LogP contribution in [-0.4, -0.2) is 25.4 Å². The van der Waals surface area contributed by atoms with Crippen LogP contribution in [0.1, 0.15) is 12.0 Å². The van der Waals surface area contributed by atoms with E-state index >= 15 is 0 Å². The minimum atomic E-state index is -1.20. The number of hydrogen-bond donors (Lipinski definition) is 2. The average Bonchev–Trinajstić information content (AvgIpc) is 2.26. The van der Waals surface area contributed by atoms with Gasteiger partial charge in [0.05, 0.1) is 8.07 Å². The van der Waals surface area contributed by atoms with Gasteiger partial charge in [0, 0.05) is 17.8 Å². The van der Waals surface area contributed by atoms with E-state index in [1.807, 2.05) is 18.2 Å². The van der Waals surface area contributed by atoms with E-state index in [0.29, 0.717) is 6.42 Å². The Kier molecular flexibility index (Phi) is 5.95. The molecule has 100 valence electrons. The second-order valence-electron chi connectivity index (χ2n) is 5.89. The quantitative estimate of drug-likeness (QED) is 0.609. The van der Waals surface area contributed by atoms with Gasteiger partial charge < -0.3 is 5.32 Å². The lowest BCUT2D eigenvalue weighted by Gasteiger charge is -2.17. The van der Waals surface area contributed by atoms with E-state index in [-0.39, 0.29) is 11.2 Å². The molecule has 0 aliphatic carbocycles. The second kappa shape index (κ2) is 7.00. The average molecular weight is 281 g/mol.